The lowest BCUT2D eigenvalue weighted by Crippen LogP contribution is -2.51. The summed E-state index contributed by atoms with van der Waals surface area (Å²) in [4.78, 5) is 21.3. The average molecular weight is 486 g/mol. The molecule has 2 heterocycles. The summed E-state index contributed by atoms with van der Waals surface area (Å²) in [7, 11) is 3.29. The van der Waals surface area contributed by atoms with E-state index in [0.717, 1.165) is 46.7 Å². The average Bonchev–Trinajstić information content (AvgIpc) is 3.38. The highest BCUT2D eigenvalue weighted by Crippen LogP contribution is 2.32. The fourth-order valence-corrected chi connectivity index (χ4v) is 5.02. The number of aliphatic hydroxyl groups excluding tert-OH is 1. The van der Waals surface area contributed by atoms with E-state index in [9.17, 15) is 9.90 Å². The van der Waals surface area contributed by atoms with Crippen molar-refractivity contribution < 1.29 is 19.4 Å². The monoisotopic (exact) mass is 485 g/mol. The molecule has 186 valence electrons. The Morgan fingerprint density at radius 2 is 1.47 bits per heavy atom. The van der Waals surface area contributed by atoms with E-state index in [-0.39, 0.29) is 5.78 Å². The first-order valence-corrected chi connectivity index (χ1v) is 12.1. The molecule has 2 N–H and O–H groups in total. The molecule has 0 unspecified atom stereocenters. The van der Waals surface area contributed by atoms with Crippen LogP contribution < -0.4 is 14.4 Å². The summed E-state index contributed by atoms with van der Waals surface area (Å²) in [6.45, 7) is 2.99. The standard InChI is InChI=1S/C29H31N3O4/c1-35-22-11-7-20(8-12-22)27(29(34)28(33)25-19-30-26-6-4-3-5-24(25)26)32-17-15-31(16-18-32)21-9-13-23(36-2)14-10-21/h3-14,19,27,29-30,34H,15-18H2,1-2H3/t27-,29+/m1/s1. The molecule has 5 rings (SSSR count). The maximum atomic E-state index is 13.6. The van der Waals surface area contributed by atoms with E-state index in [1.165, 1.54) is 0 Å². The van der Waals surface area contributed by atoms with Crippen LogP contribution in [0.15, 0.2) is 79.0 Å². The Morgan fingerprint density at radius 3 is 2.11 bits per heavy atom. The van der Waals surface area contributed by atoms with Crippen LogP contribution in [0, 0.1) is 0 Å². The summed E-state index contributed by atoms with van der Waals surface area (Å²) in [5.41, 5.74) is 3.40. The van der Waals surface area contributed by atoms with E-state index in [2.05, 4.69) is 26.9 Å². The van der Waals surface area contributed by atoms with Gasteiger partial charge in [0.15, 0.2) is 5.78 Å². The number of hydrogen-bond donors (Lipinski definition) is 2. The van der Waals surface area contributed by atoms with Crippen molar-refractivity contribution >= 4 is 22.4 Å². The molecule has 7 nitrogen and oxygen atoms in total. The van der Waals surface area contributed by atoms with Gasteiger partial charge in [-0.05, 0) is 48.0 Å². The number of Topliss-reactive ketones (excluding diaryl/α,β-unsaturated/α-hetero) is 1. The second-order valence-corrected chi connectivity index (χ2v) is 9.00. The van der Waals surface area contributed by atoms with Gasteiger partial charge in [-0.15, -0.1) is 0 Å². The van der Waals surface area contributed by atoms with Gasteiger partial charge in [-0.25, -0.2) is 0 Å². The van der Waals surface area contributed by atoms with Gasteiger partial charge < -0.3 is 24.5 Å². The van der Waals surface area contributed by atoms with Gasteiger partial charge in [0.1, 0.15) is 17.6 Å². The number of aliphatic hydroxyl groups is 1. The molecule has 1 fully saturated rings. The topological polar surface area (TPSA) is 78.0 Å². The number of anilines is 1. The normalized spacial score (nSPS) is 16.0. The number of aromatic amines is 1. The number of rotatable bonds is 8. The van der Waals surface area contributed by atoms with Crippen LogP contribution in [-0.2, 0) is 0 Å². The van der Waals surface area contributed by atoms with Crippen LogP contribution in [0.3, 0.4) is 0 Å². The molecule has 1 aromatic heterocycles. The molecule has 2 atom stereocenters. The fraction of sp³-hybridized carbons (Fsp3) is 0.276. The van der Waals surface area contributed by atoms with E-state index in [1.807, 2.05) is 60.7 Å². The highest BCUT2D eigenvalue weighted by Gasteiger charge is 2.35. The summed E-state index contributed by atoms with van der Waals surface area (Å²) in [6, 6.07) is 22.8. The Bertz CT molecular complexity index is 1310. The molecule has 0 bridgehead atoms. The molecule has 0 radical (unpaired) electrons. The van der Waals surface area contributed by atoms with Crippen LogP contribution in [0.4, 0.5) is 5.69 Å². The Kier molecular flexibility index (Phi) is 6.93. The van der Waals surface area contributed by atoms with Gasteiger partial charge in [-0.1, -0.05) is 30.3 Å². The lowest BCUT2D eigenvalue weighted by molar-refractivity contribution is 0.0366. The molecule has 3 aromatic carbocycles. The van der Waals surface area contributed by atoms with Crippen LogP contribution >= 0.6 is 0 Å². The van der Waals surface area contributed by atoms with Crippen LogP contribution in [-0.4, -0.2) is 67.3 Å². The predicted molar refractivity (Wildman–Crippen MR) is 141 cm³/mol. The fourth-order valence-electron chi connectivity index (χ4n) is 5.02. The van der Waals surface area contributed by atoms with Crippen molar-refractivity contribution in [1.82, 2.24) is 9.88 Å². The minimum absolute atomic E-state index is 0.286. The van der Waals surface area contributed by atoms with Crippen molar-refractivity contribution in [1.29, 1.82) is 0 Å². The number of para-hydroxylation sites is 1. The highest BCUT2D eigenvalue weighted by molar-refractivity contribution is 6.10. The van der Waals surface area contributed by atoms with E-state index >= 15 is 0 Å². The van der Waals surface area contributed by atoms with Crippen molar-refractivity contribution in [3.63, 3.8) is 0 Å². The number of ketones is 1. The van der Waals surface area contributed by atoms with E-state index in [1.54, 1.807) is 20.4 Å². The molecule has 1 aliphatic heterocycles. The van der Waals surface area contributed by atoms with Gasteiger partial charge in [0, 0.05) is 54.5 Å². The number of benzene rings is 3. The maximum Gasteiger partial charge on any atom is 0.195 e. The van der Waals surface area contributed by atoms with Crippen molar-refractivity contribution in [2.45, 2.75) is 12.1 Å². The second-order valence-electron chi connectivity index (χ2n) is 9.00. The van der Waals surface area contributed by atoms with Gasteiger partial charge in [0.2, 0.25) is 0 Å². The molecule has 0 spiro atoms. The van der Waals surface area contributed by atoms with Crippen LogP contribution in [0.2, 0.25) is 0 Å². The lowest BCUT2D eigenvalue weighted by atomic mass is 9.92. The number of aromatic nitrogens is 1. The Hall–Kier alpha value is -3.81. The van der Waals surface area contributed by atoms with E-state index in [0.29, 0.717) is 18.7 Å². The summed E-state index contributed by atoms with van der Waals surface area (Å²) in [5.74, 6) is 1.28. The minimum Gasteiger partial charge on any atom is -0.497 e. The molecular formula is C29H31N3O4. The number of hydrogen-bond acceptors (Lipinski definition) is 6. The Balaban J connectivity index is 1.40. The third-order valence-corrected chi connectivity index (χ3v) is 7.02. The number of piperazine rings is 1. The zero-order valence-corrected chi connectivity index (χ0v) is 20.6. The van der Waals surface area contributed by atoms with Crippen molar-refractivity contribution in [2.75, 3.05) is 45.3 Å². The first kappa shape index (κ1) is 23.9. The number of fused-ring (bicyclic) bond motifs is 1. The van der Waals surface area contributed by atoms with Crippen molar-refractivity contribution in [2.24, 2.45) is 0 Å². The van der Waals surface area contributed by atoms with E-state index < -0.39 is 12.1 Å². The van der Waals surface area contributed by atoms with Crippen LogP contribution in [0.25, 0.3) is 10.9 Å². The quantitative estimate of drug-likeness (QED) is 0.363. The molecule has 1 saturated heterocycles. The number of methoxy groups -OCH3 is 2. The smallest absolute Gasteiger partial charge is 0.195 e. The Labute approximate surface area is 210 Å². The number of nitrogens with one attached hydrogen (secondary N) is 1. The van der Waals surface area contributed by atoms with Gasteiger partial charge in [0.25, 0.3) is 0 Å². The third-order valence-electron chi connectivity index (χ3n) is 7.02. The first-order chi connectivity index (χ1) is 17.6. The number of H-pyrrole nitrogens is 1. The zero-order chi connectivity index (χ0) is 25.1. The lowest BCUT2D eigenvalue weighted by Gasteiger charge is -2.41. The predicted octanol–water partition coefficient (Wildman–Crippen LogP) is 4.29. The van der Waals surface area contributed by atoms with Crippen molar-refractivity contribution in [3.8, 4) is 11.5 Å². The van der Waals surface area contributed by atoms with Gasteiger partial charge in [-0.2, -0.15) is 0 Å². The van der Waals surface area contributed by atoms with Crippen LogP contribution in [0.1, 0.15) is 22.0 Å². The summed E-state index contributed by atoms with van der Waals surface area (Å²) < 4.78 is 10.6. The first-order valence-electron chi connectivity index (χ1n) is 12.1. The van der Waals surface area contributed by atoms with Crippen LogP contribution in [0.5, 0.6) is 11.5 Å². The Morgan fingerprint density at radius 1 is 0.861 bits per heavy atom. The number of nitrogens with zero attached hydrogens (tertiary/aromatic N) is 2. The number of carbonyl (C=O) groups is 1. The molecular weight excluding hydrogens is 454 g/mol. The van der Waals surface area contributed by atoms with Gasteiger partial charge in [-0.3, -0.25) is 9.69 Å². The molecule has 36 heavy (non-hydrogen) atoms. The largest absolute Gasteiger partial charge is 0.497 e. The maximum absolute atomic E-state index is 13.6. The second kappa shape index (κ2) is 10.4. The molecule has 0 aliphatic carbocycles. The molecule has 4 aromatic rings. The number of ether oxygens (including phenoxy) is 2. The summed E-state index contributed by atoms with van der Waals surface area (Å²) in [5, 5.41) is 12.3. The third kappa shape index (κ3) is 4.67. The SMILES string of the molecule is COc1ccc([C@H]([C@H](O)C(=O)c2c[nH]c3ccccc23)N2CCN(c3ccc(OC)cc3)CC2)cc1. The molecule has 7 heteroatoms. The molecule has 0 saturated carbocycles. The molecule has 0 amide bonds. The summed E-state index contributed by atoms with van der Waals surface area (Å²) >= 11 is 0. The number of carbonyl (C=O) groups excluding carboxylic acids is 1. The van der Waals surface area contributed by atoms with Gasteiger partial charge in [0.05, 0.1) is 20.3 Å². The van der Waals surface area contributed by atoms with Crippen molar-refractivity contribution in [3.05, 3.63) is 90.1 Å². The zero-order valence-electron chi connectivity index (χ0n) is 20.6. The summed E-state index contributed by atoms with van der Waals surface area (Å²) in [6.07, 6.45) is 0.480. The van der Waals surface area contributed by atoms with E-state index in [4.69, 9.17) is 9.47 Å². The molecule has 1 aliphatic rings. The minimum atomic E-state index is -1.22. The van der Waals surface area contributed by atoms with Gasteiger partial charge >= 0.3 is 0 Å². The highest BCUT2D eigenvalue weighted by atomic mass is 16.5.